The van der Waals surface area contributed by atoms with Gasteiger partial charge in [0.1, 0.15) is 6.04 Å². The topological polar surface area (TPSA) is 88.3 Å². The van der Waals surface area contributed by atoms with Crippen molar-refractivity contribution in [3.8, 4) is 5.75 Å². The molecule has 0 aliphatic heterocycles. The summed E-state index contributed by atoms with van der Waals surface area (Å²) >= 11 is 0. The fourth-order valence-electron chi connectivity index (χ4n) is 1.98. The lowest BCUT2D eigenvalue weighted by molar-refractivity contribution is -0.175. The first-order valence-corrected chi connectivity index (χ1v) is 6.93. The van der Waals surface area contributed by atoms with E-state index in [1.165, 1.54) is 25.1 Å². The summed E-state index contributed by atoms with van der Waals surface area (Å²) < 4.78 is 41.9. The molecule has 6 nitrogen and oxygen atoms in total. The van der Waals surface area contributed by atoms with Gasteiger partial charge in [0.25, 0.3) is 0 Å². The smallest absolute Gasteiger partial charge is 0.423 e. The minimum atomic E-state index is -5.10. The molecule has 0 aliphatic rings. The Kier molecular flexibility index (Phi) is 4.91. The van der Waals surface area contributed by atoms with Crippen LogP contribution >= 0.6 is 0 Å². The predicted octanol–water partition coefficient (Wildman–Crippen LogP) is 1.89. The number of hydrogen-bond donors (Lipinski definition) is 2. The quantitative estimate of drug-likeness (QED) is 0.656. The number of halogens is 3. The zero-order valence-corrected chi connectivity index (χ0v) is 12.4. The number of H-pyrrole nitrogens is 1. The number of carbonyl (C=O) groups is 2. The Bertz CT molecular complexity index is 829. The van der Waals surface area contributed by atoms with Crippen LogP contribution in [-0.2, 0) is 9.59 Å². The molecule has 24 heavy (non-hydrogen) atoms. The van der Waals surface area contributed by atoms with E-state index < -0.39 is 29.7 Å². The van der Waals surface area contributed by atoms with Gasteiger partial charge in [-0.15, -0.1) is 0 Å². The monoisotopic (exact) mass is 342 g/mol. The van der Waals surface area contributed by atoms with Gasteiger partial charge < -0.3 is 15.0 Å². The van der Waals surface area contributed by atoms with Crippen molar-refractivity contribution in [3.63, 3.8) is 0 Å². The highest BCUT2D eigenvalue weighted by Gasteiger charge is 2.40. The highest BCUT2D eigenvalue weighted by Crippen LogP contribution is 2.23. The number of rotatable bonds is 4. The second-order valence-electron chi connectivity index (χ2n) is 4.90. The van der Waals surface area contributed by atoms with E-state index in [-0.39, 0.29) is 17.7 Å². The number of hydrogen-bond acceptors (Lipinski definition) is 4. The molecule has 0 radical (unpaired) electrons. The second kappa shape index (κ2) is 6.73. The van der Waals surface area contributed by atoms with Crippen LogP contribution in [0.4, 0.5) is 13.2 Å². The molecular weight excluding hydrogens is 329 g/mol. The third kappa shape index (κ3) is 3.92. The molecule has 0 fully saturated rings. The van der Waals surface area contributed by atoms with Crippen molar-refractivity contribution in [2.75, 3.05) is 0 Å². The van der Waals surface area contributed by atoms with Gasteiger partial charge in [-0.1, -0.05) is 19.1 Å². The van der Waals surface area contributed by atoms with Crippen molar-refractivity contribution < 1.29 is 27.5 Å². The zero-order chi connectivity index (χ0) is 17.9. The molecule has 128 valence electrons. The Morgan fingerprint density at radius 3 is 2.58 bits per heavy atom. The summed E-state index contributed by atoms with van der Waals surface area (Å²) in [6.07, 6.45) is -5.19. The molecule has 0 bridgehead atoms. The minimum absolute atomic E-state index is 0.0186. The van der Waals surface area contributed by atoms with Gasteiger partial charge in [0.2, 0.25) is 5.56 Å². The lowest BCUT2D eigenvalue weighted by Crippen LogP contribution is -2.47. The number of benzene rings is 1. The van der Waals surface area contributed by atoms with E-state index in [9.17, 15) is 27.6 Å². The standard InChI is InChI=1S/C15H13F3N2O4/c1-2-9(19-14(23)15(16,17)18)13(22)24-10-5-3-4-8-6-7-11(21)20-12(8)10/h3-7,9H,2H2,1H3,(H,19,23)(H,20,21). The molecule has 2 rings (SSSR count). The number of pyridine rings is 1. The van der Waals surface area contributed by atoms with Crippen molar-refractivity contribution in [2.24, 2.45) is 0 Å². The number of aromatic amines is 1. The van der Waals surface area contributed by atoms with Gasteiger partial charge in [0.15, 0.2) is 5.75 Å². The molecule has 0 saturated carbocycles. The van der Waals surface area contributed by atoms with E-state index in [0.717, 1.165) is 0 Å². The maximum Gasteiger partial charge on any atom is 0.471 e. The molecule has 2 N–H and O–H groups in total. The lowest BCUT2D eigenvalue weighted by Gasteiger charge is -2.17. The SMILES string of the molecule is CCC(NC(=O)C(F)(F)F)C(=O)Oc1cccc2ccc(=O)[nH]c12. The summed E-state index contributed by atoms with van der Waals surface area (Å²) in [6.45, 7) is 1.42. The molecule has 0 aliphatic carbocycles. The minimum Gasteiger partial charge on any atom is -0.423 e. The average Bonchev–Trinajstić information content (AvgIpc) is 2.51. The fraction of sp³-hybridized carbons (Fsp3) is 0.267. The van der Waals surface area contributed by atoms with Crippen LogP contribution in [0, 0.1) is 0 Å². The zero-order valence-electron chi connectivity index (χ0n) is 12.4. The van der Waals surface area contributed by atoms with Crippen LogP contribution in [0.3, 0.4) is 0 Å². The molecule has 1 aromatic heterocycles. The van der Waals surface area contributed by atoms with E-state index in [1.807, 2.05) is 0 Å². The molecule has 1 unspecified atom stereocenters. The van der Waals surface area contributed by atoms with Crippen LogP contribution in [0.25, 0.3) is 10.9 Å². The number of aromatic nitrogens is 1. The fourth-order valence-corrected chi connectivity index (χ4v) is 1.98. The summed E-state index contributed by atoms with van der Waals surface area (Å²) in [5.41, 5.74) is -0.196. The molecule has 2 aromatic rings. The predicted molar refractivity (Wildman–Crippen MR) is 78.5 cm³/mol. The summed E-state index contributed by atoms with van der Waals surface area (Å²) in [4.78, 5) is 36.9. The summed E-state index contributed by atoms with van der Waals surface area (Å²) in [6, 6.07) is 5.92. The maximum atomic E-state index is 12.3. The molecule has 1 aromatic carbocycles. The van der Waals surface area contributed by atoms with Crippen LogP contribution in [0.15, 0.2) is 35.1 Å². The number of esters is 1. The van der Waals surface area contributed by atoms with E-state index in [4.69, 9.17) is 4.74 Å². The van der Waals surface area contributed by atoms with Gasteiger partial charge in [0.05, 0.1) is 5.52 Å². The lowest BCUT2D eigenvalue weighted by atomic mass is 10.2. The molecule has 1 atom stereocenters. The van der Waals surface area contributed by atoms with Crippen LogP contribution in [-0.4, -0.2) is 29.1 Å². The Balaban J connectivity index is 2.23. The van der Waals surface area contributed by atoms with Crippen molar-refractivity contribution >= 4 is 22.8 Å². The third-order valence-corrected chi connectivity index (χ3v) is 3.19. The number of fused-ring (bicyclic) bond motifs is 1. The molecule has 0 saturated heterocycles. The Labute approximate surface area is 133 Å². The van der Waals surface area contributed by atoms with Crippen molar-refractivity contribution in [3.05, 3.63) is 40.7 Å². The van der Waals surface area contributed by atoms with Crippen LogP contribution in [0.2, 0.25) is 0 Å². The van der Waals surface area contributed by atoms with E-state index in [1.54, 1.807) is 17.4 Å². The molecule has 1 amide bonds. The summed E-state index contributed by atoms with van der Waals surface area (Å²) in [5, 5.41) is 2.15. The van der Waals surface area contributed by atoms with Gasteiger partial charge in [-0.25, -0.2) is 4.79 Å². The van der Waals surface area contributed by atoms with Crippen LogP contribution in [0.5, 0.6) is 5.75 Å². The van der Waals surface area contributed by atoms with E-state index in [0.29, 0.717) is 5.39 Å². The number of nitrogens with one attached hydrogen (secondary N) is 2. The Morgan fingerprint density at radius 2 is 1.96 bits per heavy atom. The maximum absolute atomic E-state index is 12.3. The van der Waals surface area contributed by atoms with Gasteiger partial charge in [0, 0.05) is 11.5 Å². The molecule has 0 spiro atoms. The largest absolute Gasteiger partial charge is 0.471 e. The normalized spacial score (nSPS) is 12.7. The molecular formula is C15H13F3N2O4. The second-order valence-corrected chi connectivity index (χ2v) is 4.90. The highest BCUT2D eigenvalue weighted by molar-refractivity contribution is 5.91. The van der Waals surface area contributed by atoms with Crippen molar-refractivity contribution in [1.29, 1.82) is 0 Å². The Morgan fingerprint density at radius 1 is 1.25 bits per heavy atom. The first kappa shape index (κ1) is 17.5. The van der Waals surface area contributed by atoms with Gasteiger partial charge in [-0.2, -0.15) is 13.2 Å². The highest BCUT2D eigenvalue weighted by atomic mass is 19.4. The van der Waals surface area contributed by atoms with Crippen LogP contribution < -0.4 is 15.6 Å². The number of ether oxygens (including phenoxy) is 1. The number of para-hydroxylation sites is 1. The first-order chi connectivity index (χ1) is 11.2. The third-order valence-electron chi connectivity index (χ3n) is 3.19. The van der Waals surface area contributed by atoms with Crippen molar-refractivity contribution in [2.45, 2.75) is 25.6 Å². The van der Waals surface area contributed by atoms with Gasteiger partial charge in [-0.05, 0) is 18.6 Å². The number of carbonyl (C=O) groups excluding carboxylic acids is 2. The molecule has 1 heterocycles. The summed E-state index contributed by atoms with van der Waals surface area (Å²) in [7, 11) is 0. The Hall–Kier alpha value is -2.84. The van der Waals surface area contributed by atoms with Crippen LogP contribution in [0.1, 0.15) is 13.3 Å². The average molecular weight is 342 g/mol. The van der Waals surface area contributed by atoms with Crippen molar-refractivity contribution in [1.82, 2.24) is 10.3 Å². The molecule has 9 heteroatoms. The van der Waals surface area contributed by atoms with E-state index >= 15 is 0 Å². The first-order valence-electron chi connectivity index (χ1n) is 6.93. The summed E-state index contributed by atoms with van der Waals surface area (Å²) in [5.74, 6) is -3.31. The number of alkyl halides is 3. The number of amides is 1. The van der Waals surface area contributed by atoms with Gasteiger partial charge >= 0.3 is 18.1 Å². The van der Waals surface area contributed by atoms with Gasteiger partial charge in [-0.3, -0.25) is 9.59 Å². The van der Waals surface area contributed by atoms with E-state index in [2.05, 4.69) is 4.98 Å².